The first-order valence-corrected chi connectivity index (χ1v) is 7.63. The zero-order valence-electron chi connectivity index (χ0n) is 8.83. The van der Waals surface area contributed by atoms with Crippen LogP contribution in [0.2, 0.25) is 0 Å². The zero-order chi connectivity index (χ0) is 10.5. The second-order valence-electron chi connectivity index (χ2n) is 3.74. The molecule has 3 nitrogen and oxygen atoms in total. The van der Waals surface area contributed by atoms with Crippen LogP contribution in [0.25, 0.3) is 0 Å². The minimum atomic E-state index is 0.0425. The Hall–Kier alpha value is -0.360. The molecule has 2 heterocycles. The van der Waals surface area contributed by atoms with E-state index in [2.05, 4.69) is 20.5 Å². The van der Waals surface area contributed by atoms with Crippen LogP contribution in [-0.2, 0) is 9.47 Å². The number of halogens is 1. The Labute approximate surface area is 100 Å². The highest BCUT2D eigenvalue weighted by Crippen LogP contribution is 2.19. The lowest BCUT2D eigenvalue weighted by molar-refractivity contribution is 0.139. The molecule has 1 N–H and O–H groups in total. The highest BCUT2D eigenvalue weighted by Gasteiger charge is 2.17. The average Bonchev–Trinajstić information content (AvgIpc) is 2.67. The van der Waals surface area contributed by atoms with Gasteiger partial charge in [0.15, 0.2) is 0 Å². The van der Waals surface area contributed by atoms with Gasteiger partial charge in [0.25, 0.3) is 0 Å². The lowest BCUT2D eigenvalue weighted by Crippen LogP contribution is -2.11. The van der Waals surface area contributed by atoms with Gasteiger partial charge < -0.3 is 14.8 Å². The topological polar surface area (TPSA) is 30.5 Å². The van der Waals surface area contributed by atoms with E-state index in [1.165, 1.54) is 5.57 Å². The van der Waals surface area contributed by atoms with Crippen LogP contribution in [0.15, 0.2) is 21.6 Å². The van der Waals surface area contributed by atoms with Crippen LogP contribution in [-0.4, -0.2) is 24.0 Å². The summed E-state index contributed by atoms with van der Waals surface area (Å²) in [6.45, 7) is 4.62. The first-order chi connectivity index (χ1) is 7.36. The van der Waals surface area contributed by atoms with E-state index in [4.69, 9.17) is 9.47 Å². The fraction of sp³-hybridized carbons (Fsp3) is 0.545. The van der Waals surface area contributed by atoms with Crippen molar-refractivity contribution in [3.8, 4) is 0 Å². The zero-order valence-corrected chi connectivity index (χ0v) is 11.0. The summed E-state index contributed by atoms with van der Waals surface area (Å²) < 4.78 is 15.5. The van der Waals surface area contributed by atoms with Gasteiger partial charge in [-0.2, -0.15) is 0 Å². The van der Waals surface area contributed by atoms with Crippen molar-refractivity contribution >= 4 is 24.9 Å². The van der Waals surface area contributed by atoms with Crippen LogP contribution in [0, 0.1) is 5.92 Å². The maximum absolute atomic E-state index is 5.81. The minimum absolute atomic E-state index is 0.0425. The molecule has 0 amide bonds. The molecule has 0 aromatic rings. The van der Waals surface area contributed by atoms with Crippen molar-refractivity contribution in [2.45, 2.75) is 13.3 Å². The van der Waals surface area contributed by atoms with Crippen LogP contribution in [0.5, 0.6) is 0 Å². The van der Waals surface area contributed by atoms with Gasteiger partial charge >= 0.3 is 0 Å². The third kappa shape index (κ3) is 3.31. The molecule has 0 radical (unpaired) electrons. The highest BCUT2D eigenvalue weighted by atomic mass is 127. The summed E-state index contributed by atoms with van der Waals surface area (Å²) in [5, 5.41) is 3.16. The van der Waals surface area contributed by atoms with Gasteiger partial charge in [0, 0.05) is 22.9 Å². The van der Waals surface area contributed by atoms with Crippen LogP contribution in [0.1, 0.15) is 13.3 Å². The quantitative estimate of drug-likeness (QED) is 0.808. The fourth-order valence-corrected chi connectivity index (χ4v) is 2.93. The molecule has 2 aliphatic heterocycles. The largest absolute Gasteiger partial charge is 0.491 e. The molecule has 1 atom stereocenters. The molecule has 0 aromatic heterocycles. The molecule has 0 aromatic carbocycles. The third-order valence-electron chi connectivity index (χ3n) is 2.45. The van der Waals surface area contributed by atoms with Gasteiger partial charge in [0.2, 0.25) is 0 Å². The summed E-state index contributed by atoms with van der Waals surface area (Å²) >= 11 is 0.0425. The lowest BCUT2D eigenvalue weighted by atomic mass is 10.1. The normalized spacial score (nSPS) is 25.8. The summed E-state index contributed by atoms with van der Waals surface area (Å²) in [4.78, 5) is 0. The molecule has 4 heteroatoms. The number of hydrogen-bond donors (Lipinski definition) is 1. The molecular formula is C11H16INO2. The molecule has 1 saturated heterocycles. The summed E-state index contributed by atoms with van der Waals surface area (Å²) in [5.74, 6) is 1.55. The molecule has 15 heavy (non-hydrogen) atoms. The number of rotatable bonds is 3. The molecule has 0 bridgehead atoms. The van der Waals surface area contributed by atoms with E-state index in [9.17, 15) is 0 Å². The van der Waals surface area contributed by atoms with Crippen molar-refractivity contribution in [2.75, 3.05) is 19.8 Å². The Balaban J connectivity index is 1.85. The Bertz CT molecular complexity index is 304. The monoisotopic (exact) mass is 321 g/mol. The standard InChI is InChI=1S/C11H16INO2/c1-9-4-12-8-13-5-11(9)15-7-10-2-3-14-6-10/h4-5,8,10,13H,2-3,6-7H2,1H3. The Morgan fingerprint density at radius 1 is 1.67 bits per heavy atom. The molecular weight excluding hydrogens is 305 g/mol. The van der Waals surface area contributed by atoms with E-state index < -0.39 is 0 Å². The molecule has 0 aliphatic carbocycles. The van der Waals surface area contributed by atoms with Crippen molar-refractivity contribution in [2.24, 2.45) is 5.92 Å². The van der Waals surface area contributed by atoms with E-state index in [1.807, 2.05) is 6.20 Å². The molecule has 1 fully saturated rings. The van der Waals surface area contributed by atoms with Gasteiger partial charge in [-0.15, -0.1) is 0 Å². The van der Waals surface area contributed by atoms with Crippen molar-refractivity contribution in [3.05, 3.63) is 21.6 Å². The van der Waals surface area contributed by atoms with Crippen LogP contribution in [0.4, 0.5) is 0 Å². The molecule has 84 valence electrons. The molecule has 1 unspecified atom stereocenters. The van der Waals surface area contributed by atoms with E-state index >= 15 is 0 Å². The van der Waals surface area contributed by atoms with Gasteiger partial charge in [-0.1, -0.05) is 20.7 Å². The van der Waals surface area contributed by atoms with E-state index in [0.29, 0.717) is 5.92 Å². The number of nitrogens with one attached hydrogen (secondary N) is 1. The van der Waals surface area contributed by atoms with Crippen molar-refractivity contribution < 1.29 is 9.47 Å². The Morgan fingerprint density at radius 3 is 3.40 bits per heavy atom. The Morgan fingerprint density at radius 2 is 2.60 bits per heavy atom. The van der Waals surface area contributed by atoms with Gasteiger partial charge in [0.05, 0.1) is 13.2 Å². The molecule has 0 spiro atoms. The summed E-state index contributed by atoms with van der Waals surface area (Å²) in [7, 11) is 0. The van der Waals surface area contributed by atoms with E-state index in [1.54, 1.807) is 0 Å². The first-order valence-electron chi connectivity index (χ1n) is 5.14. The summed E-state index contributed by atoms with van der Waals surface area (Å²) in [6.07, 6.45) is 3.08. The fourth-order valence-electron chi connectivity index (χ4n) is 1.52. The van der Waals surface area contributed by atoms with E-state index in [-0.39, 0.29) is 20.7 Å². The maximum atomic E-state index is 5.81. The minimum Gasteiger partial charge on any atom is -0.491 e. The first kappa shape index (κ1) is 11.1. The lowest BCUT2D eigenvalue weighted by Gasteiger charge is -2.13. The van der Waals surface area contributed by atoms with Crippen molar-refractivity contribution in [1.29, 1.82) is 0 Å². The summed E-state index contributed by atoms with van der Waals surface area (Å²) in [6, 6.07) is 0. The maximum Gasteiger partial charge on any atom is 0.138 e. The van der Waals surface area contributed by atoms with Crippen molar-refractivity contribution in [1.82, 2.24) is 5.32 Å². The second-order valence-corrected chi connectivity index (χ2v) is 5.71. The number of hydrogen-bond acceptors (Lipinski definition) is 3. The second kappa shape index (κ2) is 5.65. The van der Waals surface area contributed by atoms with Crippen LogP contribution in [0.3, 0.4) is 0 Å². The molecule has 2 aliphatic rings. The third-order valence-corrected chi connectivity index (χ3v) is 4.47. The smallest absolute Gasteiger partial charge is 0.138 e. The predicted molar refractivity (Wildman–Crippen MR) is 69.9 cm³/mol. The van der Waals surface area contributed by atoms with Gasteiger partial charge in [-0.05, 0) is 23.0 Å². The SMILES string of the molecule is CC1=CI=CNC=C1OCC1CCOC1. The summed E-state index contributed by atoms with van der Waals surface area (Å²) in [5.41, 5.74) is 1.25. The van der Waals surface area contributed by atoms with Gasteiger partial charge in [-0.25, -0.2) is 0 Å². The van der Waals surface area contributed by atoms with Gasteiger partial charge in [-0.3, -0.25) is 0 Å². The van der Waals surface area contributed by atoms with E-state index in [0.717, 1.165) is 32.0 Å². The predicted octanol–water partition coefficient (Wildman–Crippen LogP) is 2.12. The van der Waals surface area contributed by atoms with Crippen LogP contribution >= 0.6 is 20.7 Å². The highest BCUT2D eigenvalue weighted by molar-refractivity contribution is 14.2. The molecule has 2 rings (SSSR count). The Kier molecular flexibility index (Phi) is 4.19. The number of ether oxygens (including phenoxy) is 2. The van der Waals surface area contributed by atoms with Crippen molar-refractivity contribution in [3.63, 3.8) is 0 Å². The number of allylic oxidation sites excluding steroid dienone is 1. The molecule has 0 saturated carbocycles. The van der Waals surface area contributed by atoms with Crippen LogP contribution < -0.4 is 5.32 Å². The average molecular weight is 321 g/mol. The van der Waals surface area contributed by atoms with Gasteiger partial charge in [0.1, 0.15) is 5.76 Å².